The smallest absolute Gasteiger partial charge is 0.282 e. The summed E-state index contributed by atoms with van der Waals surface area (Å²) in [7, 11) is 0. The number of anilines is 1. The van der Waals surface area contributed by atoms with E-state index in [9.17, 15) is 14.9 Å². The van der Waals surface area contributed by atoms with Crippen molar-refractivity contribution in [2.24, 2.45) is 0 Å². The minimum absolute atomic E-state index is 0.0196. The second-order valence-corrected chi connectivity index (χ2v) is 8.82. The third-order valence-electron chi connectivity index (χ3n) is 4.47. The predicted octanol–water partition coefficient (Wildman–Crippen LogP) is 5.12. The van der Waals surface area contributed by atoms with Crippen molar-refractivity contribution in [3.63, 3.8) is 0 Å². The molecule has 1 aliphatic carbocycles. The Morgan fingerprint density at radius 3 is 2.74 bits per heavy atom. The number of hydrogen-bond donors (Lipinski definition) is 2. The normalized spacial score (nSPS) is 19.1. The Morgan fingerprint density at radius 2 is 2.07 bits per heavy atom. The van der Waals surface area contributed by atoms with Crippen molar-refractivity contribution >= 4 is 50.2 Å². The number of halogens is 1. The Balaban J connectivity index is 1.66. The molecular formula is C18H17BrN4O3S. The largest absolute Gasteiger partial charge is 0.377 e. The van der Waals surface area contributed by atoms with E-state index in [0.717, 1.165) is 23.0 Å². The summed E-state index contributed by atoms with van der Waals surface area (Å²) in [5.41, 5.74) is 0.549. The van der Waals surface area contributed by atoms with E-state index in [1.807, 2.05) is 6.07 Å². The summed E-state index contributed by atoms with van der Waals surface area (Å²) in [6.45, 7) is 7.01. The number of nitro benzene ring substituents is 1. The number of rotatable bonds is 5. The molecule has 1 aromatic heterocycles. The first-order chi connectivity index (χ1) is 13.0. The van der Waals surface area contributed by atoms with Crippen molar-refractivity contribution in [1.82, 2.24) is 5.32 Å². The van der Waals surface area contributed by atoms with E-state index in [0.29, 0.717) is 17.0 Å². The number of benzene rings is 1. The molecule has 1 heterocycles. The van der Waals surface area contributed by atoms with Crippen LogP contribution < -0.4 is 10.6 Å². The lowest BCUT2D eigenvalue weighted by atomic mass is 9.90. The van der Waals surface area contributed by atoms with Gasteiger partial charge in [0.15, 0.2) is 5.69 Å². The van der Waals surface area contributed by atoms with Gasteiger partial charge < -0.3 is 10.6 Å². The molecule has 1 amide bonds. The van der Waals surface area contributed by atoms with E-state index >= 15 is 0 Å². The lowest BCUT2D eigenvalue weighted by molar-refractivity contribution is -0.383. The van der Waals surface area contributed by atoms with Crippen molar-refractivity contribution < 1.29 is 9.72 Å². The highest BCUT2D eigenvalue weighted by Gasteiger charge is 2.26. The highest BCUT2D eigenvalue weighted by Crippen LogP contribution is 2.32. The first-order valence-electron chi connectivity index (χ1n) is 8.45. The Kier molecular flexibility index (Phi) is 6.08. The minimum atomic E-state index is -0.478. The van der Waals surface area contributed by atoms with Crippen LogP contribution in [0.25, 0.3) is 4.85 Å². The van der Waals surface area contributed by atoms with Gasteiger partial charge in [-0.1, -0.05) is 6.07 Å². The molecule has 1 aromatic carbocycles. The first kappa shape index (κ1) is 19.3. The highest BCUT2D eigenvalue weighted by atomic mass is 79.9. The Labute approximate surface area is 168 Å². The van der Waals surface area contributed by atoms with Crippen LogP contribution in [-0.2, 0) is 0 Å². The number of nitrogens with zero attached hydrogens (tertiary/aromatic N) is 2. The van der Waals surface area contributed by atoms with Crippen LogP contribution in [0.4, 0.5) is 17.1 Å². The number of nitro groups is 1. The number of thiophene rings is 1. The molecule has 7 nitrogen and oxygen atoms in total. The first-order valence-corrected chi connectivity index (χ1v) is 10.1. The molecule has 1 saturated carbocycles. The third kappa shape index (κ3) is 4.84. The van der Waals surface area contributed by atoms with Crippen molar-refractivity contribution in [3.05, 3.63) is 60.5 Å². The summed E-state index contributed by atoms with van der Waals surface area (Å²) in [4.78, 5) is 27.1. The average Bonchev–Trinajstić information content (AvgIpc) is 3.09. The molecule has 0 aliphatic heterocycles. The molecule has 0 spiro atoms. The van der Waals surface area contributed by atoms with Crippen molar-refractivity contribution in [2.45, 2.75) is 37.8 Å². The lowest BCUT2D eigenvalue weighted by Gasteiger charge is -2.30. The van der Waals surface area contributed by atoms with E-state index in [2.05, 4.69) is 31.4 Å². The summed E-state index contributed by atoms with van der Waals surface area (Å²) in [5.74, 6) is -0.0938. The fourth-order valence-corrected chi connectivity index (χ4v) is 4.52. The zero-order valence-corrected chi connectivity index (χ0v) is 16.7. The standard InChI is InChI=1S/C18H17BrN4O3S/c1-20-11-5-6-14(15(10-11)23(25)26)21-12-3-2-4-13(9-12)22-18(24)16-7-8-17(19)27-16/h5-8,10,12-13,21H,2-4,9H2,(H,22,24). The number of carbonyl (C=O) groups is 1. The van der Waals surface area contributed by atoms with Gasteiger partial charge in [0.1, 0.15) is 5.69 Å². The van der Waals surface area contributed by atoms with Crippen LogP contribution in [0, 0.1) is 16.7 Å². The third-order valence-corrected chi connectivity index (χ3v) is 6.10. The molecule has 0 saturated heterocycles. The van der Waals surface area contributed by atoms with Gasteiger partial charge in [0.2, 0.25) is 0 Å². The van der Waals surface area contributed by atoms with E-state index in [4.69, 9.17) is 6.57 Å². The molecule has 2 unspecified atom stereocenters. The quantitative estimate of drug-likeness (QED) is 0.377. The minimum Gasteiger partial charge on any atom is -0.377 e. The molecule has 1 aliphatic rings. The van der Waals surface area contributed by atoms with E-state index < -0.39 is 4.92 Å². The van der Waals surface area contributed by atoms with Gasteiger partial charge >= 0.3 is 0 Å². The van der Waals surface area contributed by atoms with Crippen molar-refractivity contribution in [2.75, 3.05) is 5.32 Å². The molecule has 2 aromatic rings. The molecule has 2 atom stereocenters. The van der Waals surface area contributed by atoms with Crippen LogP contribution in [0.3, 0.4) is 0 Å². The molecule has 0 radical (unpaired) electrons. The Bertz CT molecular complexity index is 908. The Hall–Kier alpha value is -2.44. The average molecular weight is 449 g/mol. The summed E-state index contributed by atoms with van der Waals surface area (Å²) in [6, 6.07) is 8.10. The molecule has 1 fully saturated rings. The van der Waals surface area contributed by atoms with E-state index in [1.54, 1.807) is 18.2 Å². The Morgan fingerprint density at radius 1 is 1.30 bits per heavy atom. The number of amides is 1. The van der Waals surface area contributed by atoms with E-state index in [1.165, 1.54) is 17.4 Å². The van der Waals surface area contributed by atoms with Crippen molar-refractivity contribution in [3.8, 4) is 0 Å². The number of hydrogen-bond acceptors (Lipinski definition) is 5. The van der Waals surface area contributed by atoms with Gasteiger partial charge in [0.25, 0.3) is 11.6 Å². The predicted molar refractivity (Wildman–Crippen MR) is 109 cm³/mol. The molecule has 0 bridgehead atoms. The van der Waals surface area contributed by atoms with Gasteiger partial charge in [-0.3, -0.25) is 14.9 Å². The van der Waals surface area contributed by atoms with Crippen LogP contribution in [0.5, 0.6) is 0 Å². The summed E-state index contributed by atoms with van der Waals surface area (Å²) in [5, 5.41) is 17.6. The molecular weight excluding hydrogens is 432 g/mol. The molecule has 3 rings (SSSR count). The highest BCUT2D eigenvalue weighted by molar-refractivity contribution is 9.11. The van der Waals surface area contributed by atoms with Gasteiger partial charge in [-0.05, 0) is 59.8 Å². The molecule has 140 valence electrons. The zero-order chi connectivity index (χ0) is 19.4. The van der Waals surface area contributed by atoms with Crippen molar-refractivity contribution in [1.29, 1.82) is 0 Å². The maximum atomic E-state index is 12.3. The maximum Gasteiger partial charge on any atom is 0.282 e. The SMILES string of the molecule is [C-]#[N+]c1ccc(NC2CCCC(NC(=O)c3ccc(Br)s3)C2)c([N+](=O)[O-])c1. The number of carbonyl (C=O) groups excluding carboxylic acids is 1. The summed E-state index contributed by atoms with van der Waals surface area (Å²) < 4.78 is 0.908. The van der Waals surface area contributed by atoms with Gasteiger partial charge in [-0.25, -0.2) is 4.85 Å². The maximum absolute atomic E-state index is 12.3. The molecule has 27 heavy (non-hydrogen) atoms. The van der Waals surface area contributed by atoms with Crippen LogP contribution in [-0.4, -0.2) is 22.9 Å². The van der Waals surface area contributed by atoms with Gasteiger partial charge in [0, 0.05) is 18.2 Å². The van der Waals surface area contributed by atoms with Gasteiger partial charge in [-0.15, -0.1) is 11.3 Å². The summed E-state index contributed by atoms with van der Waals surface area (Å²) >= 11 is 4.74. The van der Waals surface area contributed by atoms with Crippen LogP contribution in [0.2, 0.25) is 0 Å². The van der Waals surface area contributed by atoms with Crippen LogP contribution in [0.1, 0.15) is 35.4 Å². The van der Waals surface area contributed by atoms with E-state index in [-0.39, 0.29) is 29.4 Å². The second kappa shape index (κ2) is 8.50. The topological polar surface area (TPSA) is 88.6 Å². The fraction of sp³-hybridized carbons (Fsp3) is 0.333. The van der Waals surface area contributed by atoms with Crippen LogP contribution >= 0.6 is 27.3 Å². The second-order valence-electron chi connectivity index (χ2n) is 6.35. The molecule has 9 heteroatoms. The van der Waals surface area contributed by atoms with Gasteiger partial charge in [0.05, 0.1) is 20.2 Å². The fourth-order valence-electron chi connectivity index (χ4n) is 3.23. The number of nitrogens with one attached hydrogen (secondary N) is 2. The lowest BCUT2D eigenvalue weighted by Crippen LogP contribution is -2.41. The van der Waals surface area contributed by atoms with Crippen LogP contribution in [0.15, 0.2) is 34.1 Å². The zero-order valence-electron chi connectivity index (χ0n) is 14.3. The summed E-state index contributed by atoms with van der Waals surface area (Å²) in [6.07, 6.45) is 3.37. The monoisotopic (exact) mass is 448 g/mol. The van der Waals surface area contributed by atoms with Gasteiger partial charge in [-0.2, -0.15) is 0 Å². The molecule has 2 N–H and O–H groups in total.